The third-order valence-corrected chi connectivity index (χ3v) is 6.01. The quantitative estimate of drug-likeness (QED) is 0.764. The largest absolute Gasteiger partial charge is 0.493 e. The van der Waals surface area contributed by atoms with Gasteiger partial charge in [-0.1, -0.05) is 6.07 Å². The van der Waals surface area contributed by atoms with Crippen LogP contribution >= 0.6 is 0 Å². The standard InChI is InChI=1S/C23H30FN5O2/c1-25-22-18-15-28(2)12-9-19(18)26-23(27-22)20-8-3-4-11-29(20)21(30)10-13-31-17-7-5-6-16(24)14-17/h5-7,14,20H,3-4,8-13,15H2,1-2H3,(H,25,26,27)/t20-/m1/s1. The molecule has 1 aromatic carbocycles. The Balaban J connectivity index is 1.47. The lowest BCUT2D eigenvalue weighted by molar-refractivity contribution is -0.135. The van der Waals surface area contributed by atoms with Crippen LogP contribution in [0.4, 0.5) is 10.2 Å². The first-order valence-corrected chi connectivity index (χ1v) is 11.0. The number of anilines is 1. The Morgan fingerprint density at radius 2 is 2.16 bits per heavy atom. The summed E-state index contributed by atoms with van der Waals surface area (Å²) in [6.07, 6.45) is 4.01. The van der Waals surface area contributed by atoms with Gasteiger partial charge in [-0.3, -0.25) is 4.79 Å². The maximum Gasteiger partial charge on any atom is 0.226 e. The second-order valence-corrected chi connectivity index (χ2v) is 8.25. The molecule has 2 aliphatic heterocycles. The number of amides is 1. The Hall–Kier alpha value is -2.74. The van der Waals surface area contributed by atoms with E-state index in [1.165, 1.54) is 12.1 Å². The molecule has 31 heavy (non-hydrogen) atoms. The Morgan fingerprint density at radius 1 is 1.29 bits per heavy atom. The number of likely N-dealkylation sites (tertiary alicyclic amines) is 1. The maximum absolute atomic E-state index is 13.3. The van der Waals surface area contributed by atoms with Crippen molar-refractivity contribution < 1.29 is 13.9 Å². The van der Waals surface area contributed by atoms with Crippen LogP contribution in [0.15, 0.2) is 24.3 Å². The second kappa shape index (κ2) is 9.60. The summed E-state index contributed by atoms with van der Waals surface area (Å²) in [4.78, 5) is 26.9. The van der Waals surface area contributed by atoms with E-state index in [-0.39, 0.29) is 30.8 Å². The number of piperidine rings is 1. The summed E-state index contributed by atoms with van der Waals surface area (Å²) >= 11 is 0. The smallest absolute Gasteiger partial charge is 0.226 e. The highest BCUT2D eigenvalue weighted by Crippen LogP contribution is 2.32. The molecule has 2 aromatic rings. The fourth-order valence-corrected chi connectivity index (χ4v) is 4.38. The molecule has 1 aromatic heterocycles. The number of aromatic nitrogens is 2. The number of halogens is 1. The first kappa shape index (κ1) is 21.5. The number of hydrogen-bond acceptors (Lipinski definition) is 6. The highest BCUT2D eigenvalue weighted by atomic mass is 19.1. The van der Waals surface area contributed by atoms with Gasteiger partial charge in [-0.15, -0.1) is 0 Å². The van der Waals surface area contributed by atoms with Gasteiger partial charge in [-0.2, -0.15) is 0 Å². The summed E-state index contributed by atoms with van der Waals surface area (Å²) in [5.74, 6) is 1.69. The summed E-state index contributed by atoms with van der Waals surface area (Å²) in [5.41, 5.74) is 2.23. The number of carbonyl (C=O) groups excluding carboxylic acids is 1. The van der Waals surface area contributed by atoms with E-state index in [1.807, 2.05) is 11.9 Å². The van der Waals surface area contributed by atoms with Crippen LogP contribution in [0, 0.1) is 5.82 Å². The average molecular weight is 428 g/mol. The number of likely N-dealkylation sites (N-methyl/N-ethyl adjacent to an activating group) is 1. The molecule has 0 aliphatic carbocycles. The molecule has 0 saturated carbocycles. The van der Waals surface area contributed by atoms with Crippen LogP contribution < -0.4 is 10.1 Å². The van der Waals surface area contributed by atoms with E-state index < -0.39 is 0 Å². The zero-order valence-corrected chi connectivity index (χ0v) is 18.2. The molecule has 4 rings (SSSR count). The zero-order valence-electron chi connectivity index (χ0n) is 18.2. The summed E-state index contributed by atoms with van der Waals surface area (Å²) in [6.45, 7) is 2.71. The Bertz CT molecular complexity index is 921. The van der Waals surface area contributed by atoms with Crippen molar-refractivity contribution in [3.05, 3.63) is 47.2 Å². The molecule has 7 nitrogen and oxygen atoms in total. The van der Waals surface area contributed by atoms with Crippen LogP contribution in [-0.4, -0.2) is 59.5 Å². The van der Waals surface area contributed by atoms with Crippen LogP contribution in [-0.2, 0) is 17.8 Å². The third kappa shape index (κ3) is 4.95. The van der Waals surface area contributed by atoms with Gasteiger partial charge in [0.2, 0.25) is 5.91 Å². The number of hydrogen-bond donors (Lipinski definition) is 1. The molecule has 166 valence electrons. The van der Waals surface area contributed by atoms with E-state index in [2.05, 4.69) is 17.3 Å². The summed E-state index contributed by atoms with van der Waals surface area (Å²) < 4.78 is 18.9. The van der Waals surface area contributed by atoms with E-state index in [9.17, 15) is 9.18 Å². The number of carbonyl (C=O) groups is 1. The molecular weight excluding hydrogens is 397 g/mol. The fraction of sp³-hybridized carbons (Fsp3) is 0.522. The van der Waals surface area contributed by atoms with E-state index >= 15 is 0 Å². The summed E-state index contributed by atoms with van der Waals surface area (Å²) in [7, 11) is 3.98. The Kier molecular flexibility index (Phi) is 6.65. The fourth-order valence-electron chi connectivity index (χ4n) is 4.38. The van der Waals surface area contributed by atoms with Gasteiger partial charge < -0.3 is 19.9 Å². The van der Waals surface area contributed by atoms with Crippen molar-refractivity contribution in [2.45, 2.75) is 44.7 Å². The van der Waals surface area contributed by atoms with Crippen LogP contribution in [0.5, 0.6) is 5.75 Å². The molecule has 0 radical (unpaired) electrons. The van der Waals surface area contributed by atoms with E-state index in [1.54, 1.807) is 12.1 Å². The molecule has 1 N–H and O–H groups in total. The molecular formula is C23H30FN5O2. The lowest BCUT2D eigenvalue weighted by Gasteiger charge is -2.36. The van der Waals surface area contributed by atoms with Gasteiger partial charge in [-0.25, -0.2) is 14.4 Å². The van der Waals surface area contributed by atoms with Crippen molar-refractivity contribution in [2.24, 2.45) is 0 Å². The molecule has 2 aliphatic rings. The predicted molar refractivity (Wildman–Crippen MR) is 116 cm³/mol. The number of nitrogens with zero attached hydrogens (tertiary/aromatic N) is 4. The first-order chi connectivity index (χ1) is 15.0. The minimum Gasteiger partial charge on any atom is -0.493 e. The van der Waals surface area contributed by atoms with Gasteiger partial charge in [0.05, 0.1) is 24.8 Å². The lowest BCUT2D eigenvalue weighted by atomic mass is 9.99. The molecule has 8 heteroatoms. The van der Waals surface area contributed by atoms with Crippen molar-refractivity contribution in [1.29, 1.82) is 0 Å². The number of nitrogens with one attached hydrogen (secondary N) is 1. The number of rotatable bonds is 6. The molecule has 1 saturated heterocycles. The van der Waals surface area contributed by atoms with E-state index in [0.717, 1.165) is 61.7 Å². The summed E-state index contributed by atoms with van der Waals surface area (Å²) in [5, 5.41) is 3.22. The highest BCUT2D eigenvalue weighted by molar-refractivity contribution is 5.77. The minimum absolute atomic E-state index is 0.0214. The van der Waals surface area contributed by atoms with E-state index in [4.69, 9.17) is 14.7 Å². The molecule has 0 unspecified atom stereocenters. The molecule has 1 fully saturated rings. The van der Waals surface area contributed by atoms with Crippen molar-refractivity contribution in [3.8, 4) is 5.75 Å². The predicted octanol–water partition coefficient (Wildman–Crippen LogP) is 3.17. The third-order valence-electron chi connectivity index (χ3n) is 6.01. The van der Waals surface area contributed by atoms with Gasteiger partial charge in [0.25, 0.3) is 0 Å². The van der Waals surface area contributed by atoms with Gasteiger partial charge in [0, 0.05) is 44.7 Å². The van der Waals surface area contributed by atoms with Gasteiger partial charge in [-0.05, 0) is 38.4 Å². The molecule has 1 amide bonds. The van der Waals surface area contributed by atoms with Crippen LogP contribution in [0.3, 0.4) is 0 Å². The van der Waals surface area contributed by atoms with Crippen LogP contribution in [0.2, 0.25) is 0 Å². The van der Waals surface area contributed by atoms with Gasteiger partial charge in [0.15, 0.2) is 5.82 Å². The van der Waals surface area contributed by atoms with Crippen molar-refractivity contribution in [2.75, 3.05) is 39.1 Å². The van der Waals surface area contributed by atoms with E-state index in [0.29, 0.717) is 12.3 Å². The Labute approximate surface area is 182 Å². The first-order valence-electron chi connectivity index (χ1n) is 11.0. The summed E-state index contributed by atoms with van der Waals surface area (Å²) in [6, 6.07) is 5.86. The molecule has 3 heterocycles. The van der Waals surface area contributed by atoms with Crippen LogP contribution in [0.25, 0.3) is 0 Å². The number of benzene rings is 1. The van der Waals surface area contributed by atoms with Gasteiger partial charge >= 0.3 is 0 Å². The topological polar surface area (TPSA) is 70.6 Å². The SMILES string of the molecule is CNc1nc([C@H]2CCCCN2C(=O)CCOc2cccc(F)c2)nc2c1CN(C)CC2. The minimum atomic E-state index is -0.351. The molecule has 1 atom stereocenters. The average Bonchev–Trinajstić information content (AvgIpc) is 2.78. The normalized spacial score (nSPS) is 19.1. The second-order valence-electron chi connectivity index (χ2n) is 8.25. The lowest BCUT2D eigenvalue weighted by Crippen LogP contribution is -2.40. The maximum atomic E-state index is 13.3. The van der Waals surface area contributed by atoms with Crippen LogP contribution in [0.1, 0.15) is 48.8 Å². The van der Waals surface area contributed by atoms with Crippen molar-refractivity contribution in [1.82, 2.24) is 19.8 Å². The molecule has 0 bridgehead atoms. The Morgan fingerprint density at radius 3 is 2.97 bits per heavy atom. The highest BCUT2D eigenvalue weighted by Gasteiger charge is 2.31. The van der Waals surface area contributed by atoms with Gasteiger partial charge in [0.1, 0.15) is 17.4 Å². The number of fused-ring (bicyclic) bond motifs is 1. The number of ether oxygens (including phenoxy) is 1. The zero-order chi connectivity index (χ0) is 21.8. The van der Waals surface area contributed by atoms with Crippen molar-refractivity contribution >= 4 is 11.7 Å². The van der Waals surface area contributed by atoms with Crippen molar-refractivity contribution in [3.63, 3.8) is 0 Å². The monoisotopic (exact) mass is 427 g/mol. The molecule has 0 spiro atoms.